The first-order valence-electron chi connectivity index (χ1n) is 8.53. The van der Waals surface area contributed by atoms with Gasteiger partial charge in [0.25, 0.3) is 0 Å². The summed E-state index contributed by atoms with van der Waals surface area (Å²) in [5.41, 5.74) is -0.0410. The zero-order chi connectivity index (χ0) is 16.0. The number of guanidine groups is 1. The van der Waals surface area contributed by atoms with E-state index in [9.17, 15) is 0 Å². The maximum absolute atomic E-state index is 5.81. The van der Waals surface area contributed by atoms with E-state index in [0.29, 0.717) is 6.04 Å². The normalized spacial score (nSPS) is 28.3. The van der Waals surface area contributed by atoms with Gasteiger partial charge in [-0.05, 0) is 33.7 Å². The van der Waals surface area contributed by atoms with Gasteiger partial charge in [-0.2, -0.15) is 0 Å². The Labute approximate surface area is 158 Å². The van der Waals surface area contributed by atoms with Gasteiger partial charge >= 0.3 is 0 Å². The predicted octanol–water partition coefficient (Wildman–Crippen LogP) is 0.974. The van der Waals surface area contributed by atoms with Crippen molar-refractivity contribution in [3.8, 4) is 0 Å². The fourth-order valence-electron chi connectivity index (χ4n) is 3.10. The van der Waals surface area contributed by atoms with Gasteiger partial charge in [0.15, 0.2) is 5.96 Å². The van der Waals surface area contributed by atoms with E-state index in [-0.39, 0.29) is 29.6 Å². The van der Waals surface area contributed by atoms with Gasteiger partial charge in [-0.15, -0.1) is 24.0 Å². The average Bonchev–Trinajstić information content (AvgIpc) is 2.95. The van der Waals surface area contributed by atoms with Crippen LogP contribution in [-0.4, -0.2) is 87.4 Å². The molecule has 23 heavy (non-hydrogen) atoms. The fourth-order valence-corrected chi connectivity index (χ4v) is 3.10. The quantitative estimate of drug-likeness (QED) is 0.380. The molecule has 2 fully saturated rings. The van der Waals surface area contributed by atoms with Gasteiger partial charge in [-0.25, -0.2) is 0 Å². The van der Waals surface area contributed by atoms with Crippen molar-refractivity contribution in [2.45, 2.75) is 38.3 Å². The van der Waals surface area contributed by atoms with Crippen LogP contribution in [0.4, 0.5) is 0 Å². The average molecular weight is 439 g/mol. The topological polar surface area (TPSA) is 52.1 Å². The van der Waals surface area contributed by atoms with E-state index in [1.807, 2.05) is 7.05 Å². The van der Waals surface area contributed by atoms with Crippen LogP contribution >= 0.6 is 24.0 Å². The Morgan fingerprint density at radius 3 is 2.52 bits per heavy atom. The second-order valence-electron chi connectivity index (χ2n) is 6.90. The molecule has 0 aliphatic carbocycles. The van der Waals surface area contributed by atoms with E-state index in [1.54, 1.807) is 0 Å². The molecule has 0 bridgehead atoms. The van der Waals surface area contributed by atoms with Crippen molar-refractivity contribution < 1.29 is 4.74 Å². The smallest absolute Gasteiger partial charge is 0.191 e. The zero-order valence-corrected chi connectivity index (χ0v) is 17.4. The Hall–Kier alpha value is -0.120. The standard InChI is InChI=1S/C16H33N5O.HI/c1-14(21-9-7-20(4)8-10-21)12-18-15(17-3)19-13-16(2)6-5-11-22-16;/h14H,5-13H2,1-4H3,(H2,17,18,19);1H. The van der Waals surface area contributed by atoms with Gasteiger partial charge in [0, 0.05) is 59.0 Å². The summed E-state index contributed by atoms with van der Waals surface area (Å²) in [4.78, 5) is 9.25. The van der Waals surface area contributed by atoms with E-state index < -0.39 is 0 Å². The van der Waals surface area contributed by atoms with Crippen LogP contribution in [0.3, 0.4) is 0 Å². The van der Waals surface area contributed by atoms with Crippen molar-refractivity contribution in [3.63, 3.8) is 0 Å². The minimum absolute atomic E-state index is 0. The molecule has 0 radical (unpaired) electrons. The van der Waals surface area contributed by atoms with Crippen LogP contribution in [0.1, 0.15) is 26.7 Å². The second-order valence-corrected chi connectivity index (χ2v) is 6.90. The lowest BCUT2D eigenvalue weighted by molar-refractivity contribution is 0.0242. The highest BCUT2D eigenvalue weighted by atomic mass is 127. The second kappa shape index (κ2) is 10.0. The van der Waals surface area contributed by atoms with Crippen LogP contribution in [0.15, 0.2) is 4.99 Å². The van der Waals surface area contributed by atoms with Gasteiger partial charge in [0.2, 0.25) is 0 Å². The van der Waals surface area contributed by atoms with E-state index >= 15 is 0 Å². The third-order valence-corrected chi connectivity index (χ3v) is 4.88. The predicted molar refractivity (Wildman–Crippen MR) is 107 cm³/mol. The number of piperazine rings is 1. The number of nitrogens with zero attached hydrogens (tertiary/aromatic N) is 3. The van der Waals surface area contributed by atoms with Gasteiger partial charge < -0.3 is 20.3 Å². The van der Waals surface area contributed by atoms with E-state index in [2.05, 4.69) is 46.3 Å². The Bertz CT molecular complexity index is 365. The third kappa shape index (κ3) is 6.72. The monoisotopic (exact) mass is 439 g/mol. The first-order chi connectivity index (χ1) is 10.5. The summed E-state index contributed by atoms with van der Waals surface area (Å²) in [5.74, 6) is 0.873. The molecule has 7 heteroatoms. The Morgan fingerprint density at radius 2 is 1.96 bits per heavy atom. The van der Waals surface area contributed by atoms with Crippen molar-refractivity contribution in [1.82, 2.24) is 20.4 Å². The maximum atomic E-state index is 5.81. The van der Waals surface area contributed by atoms with Crippen LogP contribution in [-0.2, 0) is 4.74 Å². The molecular weight excluding hydrogens is 405 g/mol. The van der Waals surface area contributed by atoms with Gasteiger partial charge in [0.05, 0.1) is 5.60 Å². The molecular formula is C16H34IN5O. The molecule has 2 rings (SSSR count). The lowest BCUT2D eigenvalue weighted by Gasteiger charge is -2.36. The Kier molecular flexibility index (Phi) is 9.10. The number of halogens is 1. The molecule has 0 aromatic rings. The summed E-state index contributed by atoms with van der Waals surface area (Å²) in [6.07, 6.45) is 2.28. The molecule has 2 aliphatic heterocycles. The fraction of sp³-hybridized carbons (Fsp3) is 0.938. The van der Waals surface area contributed by atoms with Crippen LogP contribution < -0.4 is 10.6 Å². The molecule has 0 aromatic heterocycles. The minimum atomic E-state index is -0.0410. The molecule has 2 saturated heterocycles. The van der Waals surface area contributed by atoms with Crippen molar-refractivity contribution >= 4 is 29.9 Å². The molecule has 0 spiro atoms. The van der Waals surface area contributed by atoms with Crippen LogP contribution in [0.5, 0.6) is 0 Å². The summed E-state index contributed by atoms with van der Waals surface area (Å²) in [6.45, 7) is 11.7. The van der Waals surface area contributed by atoms with Crippen LogP contribution in [0.2, 0.25) is 0 Å². The van der Waals surface area contributed by atoms with Gasteiger partial charge in [-0.1, -0.05) is 0 Å². The highest BCUT2D eigenvalue weighted by molar-refractivity contribution is 14.0. The van der Waals surface area contributed by atoms with Crippen LogP contribution in [0.25, 0.3) is 0 Å². The van der Waals surface area contributed by atoms with E-state index in [0.717, 1.165) is 64.7 Å². The molecule has 0 saturated carbocycles. The Morgan fingerprint density at radius 1 is 1.26 bits per heavy atom. The summed E-state index contributed by atoms with van der Waals surface area (Å²) < 4.78 is 5.81. The number of hydrogen-bond acceptors (Lipinski definition) is 4. The zero-order valence-electron chi connectivity index (χ0n) is 15.1. The molecule has 0 aromatic carbocycles. The van der Waals surface area contributed by atoms with E-state index in [1.165, 1.54) is 0 Å². The number of aliphatic imine (C=N–C) groups is 1. The van der Waals surface area contributed by atoms with Crippen LogP contribution in [0, 0.1) is 0 Å². The Balaban J connectivity index is 0.00000264. The lowest BCUT2D eigenvalue weighted by atomic mass is 10.0. The molecule has 2 heterocycles. The molecule has 0 amide bonds. The highest BCUT2D eigenvalue weighted by Crippen LogP contribution is 2.23. The molecule has 2 N–H and O–H groups in total. The first-order valence-corrected chi connectivity index (χ1v) is 8.53. The first kappa shape index (κ1) is 20.9. The van der Waals surface area contributed by atoms with Crippen molar-refractivity contribution in [1.29, 1.82) is 0 Å². The molecule has 2 atom stereocenters. The highest BCUT2D eigenvalue weighted by Gasteiger charge is 2.29. The van der Waals surface area contributed by atoms with Crippen molar-refractivity contribution in [3.05, 3.63) is 0 Å². The van der Waals surface area contributed by atoms with Crippen molar-refractivity contribution in [2.24, 2.45) is 4.99 Å². The number of ether oxygens (including phenoxy) is 1. The van der Waals surface area contributed by atoms with Gasteiger partial charge in [-0.3, -0.25) is 9.89 Å². The van der Waals surface area contributed by atoms with E-state index in [4.69, 9.17) is 4.74 Å². The number of likely N-dealkylation sites (N-methyl/N-ethyl adjacent to an activating group) is 1. The number of rotatable bonds is 5. The largest absolute Gasteiger partial charge is 0.373 e. The minimum Gasteiger partial charge on any atom is -0.373 e. The maximum Gasteiger partial charge on any atom is 0.191 e. The summed E-state index contributed by atoms with van der Waals surface area (Å²) in [6, 6.07) is 0.519. The lowest BCUT2D eigenvalue weighted by Crippen LogP contribution is -2.53. The number of hydrogen-bond donors (Lipinski definition) is 2. The summed E-state index contributed by atoms with van der Waals surface area (Å²) in [7, 11) is 4.02. The molecule has 2 aliphatic rings. The third-order valence-electron chi connectivity index (χ3n) is 4.88. The number of nitrogens with one attached hydrogen (secondary N) is 2. The summed E-state index contributed by atoms with van der Waals surface area (Å²) >= 11 is 0. The SMILES string of the molecule is CN=C(NCC(C)N1CCN(C)CC1)NCC1(C)CCCO1.I. The molecule has 6 nitrogen and oxygen atoms in total. The molecule has 2 unspecified atom stereocenters. The van der Waals surface area contributed by atoms with Crippen molar-refractivity contribution in [2.75, 3.05) is 60.0 Å². The van der Waals surface area contributed by atoms with Gasteiger partial charge in [0.1, 0.15) is 0 Å². The summed E-state index contributed by atoms with van der Waals surface area (Å²) in [5, 5.41) is 6.85. The molecule has 136 valence electrons.